The lowest BCUT2D eigenvalue weighted by Crippen LogP contribution is -2.53. The third-order valence-corrected chi connectivity index (χ3v) is 4.94. The van der Waals surface area contributed by atoms with Gasteiger partial charge in [0.2, 0.25) is 5.91 Å². The van der Waals surface area contributed by atoms with Crippen LogP contribution < -0.4 is 11.1 Å². The van der Waals surface area contributed by atoms with Crippen molar-refractivity contribution < 1.29 is 9.00 Å². The first-order chi connectivity index (χ1) is 7.84. The zero-order valence-electron chi connectivity index (χ0n) is 11.0. The van der Waals surface area contributed by atoms with Crippen LogP contribution in [0.15, 0.2) is 0 Å². The van der Waals surface area contributed by atoms with Crippen molar-refractivity contribution in [2.24, 2.45) is 5.73 Å². The van der Waals surface area contributed by atoms with Gasteiger partial charge in [0.1, 0.15) is 0 Å². The minimum atomic E-state index is -0.836. The lowest BCUT2D eigenvalue weighted by atomic mass is 9.94. The second kappa shape index (κ2) is 5.96. The second-order valence-electron chi connectivity index (χ2n) is 5.35. The molecule has 1 aliphatic carbocycles. The molecule has 0 spiro atoms. The highest BCUT2D eigenvalue weighted by Crippen LogP contribution is 2.23. The van der Waals surface area contributed by atoms with Crippen molar-refractivity contribution in [2.45, 2.75) is 63.3 Å². The van der Waals surface area contributed by atoms with E-state index in [1.165, 1.54) is 0 Å². The van der Waals surface area contributed by atoms with E-state index in [0.29, 0.717) is 5.75 Å². The zero-order valence-corrected chi connectivity index (χ0v) is 11.8. The maximum atomic E-state index is 11.8. The van der Waals surface area contributed by atoms with Gasteiger partial charge in [0.25, 0.3) is 0 Å². The lowest BCUT2D eigenvalue weighted by molar-refractivity contribution is -0.126. The van der Waals surface area contributed by atoms with Crippen LogP contribution >= 0.6 is 0 Å². The minimum absolute atomic E-state index is 0.120. The van der Waals surface area contributed by atoms with Crippen LogP contribution in [-0.2, 0) is 15.6 Å². The molecule has 0 aliphatic heterocycles. The van der Waals surface area contributed by atoms with E-state index in [0.717, 1.165) is 25.7 Å². The SMILES string of the molecule is CCS(=O)C1CCCC(NC(=O)C(C)(C)N)C1. The van der Waals surface area contributed by atoms with Gasteiger partial charge in [-0.2, -0.15) is 0 Å². The summed E-state index contributed by atoms with van der Waals surface area (Å²) in [4.78, 5) is 11.8. The predicted octanol–water partition coefficient (Wildman–Crippen LogP) is 0.920. The molecule has 3 N–H and O–H groups in total. The Morgan fingerprint density at radius 2 is 2.12 bits per heavy atom. The maximum absolute atomic E-state index is 11.8. The monoisotopic (exact) mass is 260 g/mol. The molecule has 0 heterocycles. The summed E-state index contributed by atoms with van der Waals surface area (Å²) >= 11 is 0. The summed E-state index contributed by atoms with van der Waals surface area (Å²) < 4.78 is 11.8. The average molecular weight is 260 g/mol. The predicted molar refractivity (Wildman–Crippen MR) is 71.1 cm³/mol. The quantitative estimate of drug-likeness (QED) is 0.789. The molecular formula is C12H24N2O2S. The number of hydrogen-bond acceptors (Lipinski definition) is 3. The average Bonchev–Trinajstić information content (AvgIpc) is 2.27. The third kappa shape index (κ3) is 4.39. The molecule has 0 aromatic rings. The van der Waals surface area contributed by atoms with Crippen LogP contribution in [0.5, 0.6) is 0 Å². The lowest BCUT2D eigenvalue weighted by Gasteiger charge is -2.31. The van der Waals surface area contributed by atoms with Crippen LogP contribution in [0, 0.1) is 0 Å². The first kappa shape index (κ1) is 14.6. The van der Waals surface area contributed by atoms with E-state index in [9.17, 15) is 9.00 Å². The molecule has 100 valence electrons. The molecule has 0 bridgehead atoms. The molecule has 1 saturated carbocycles. The molecule has 0 aromatic carbocycles. The van der Waals surface area contributed by atoms with Gasteiger partial charge in [0.15, 0.2) is 0 Å². The number of carbonyl (C=O) groups is 1. The summed E-state index contributed by atoms with van der Waals surface area (Å²) in [6.07, 6.45) is 3.84. The van der Waals surface area contributed by atoms with Crippen LogP contribution in [-0.4, -0.2) is 32.7 Å². The van der Waals surface area contributed by atoms with Gasteiger partial charge >= 0.3 is 0 Å². The summed E-state index contributed by atoms with van der Waals surface area (Å²) in [5.74, 6) is 0.582. The van der Waals surface area contributed by atoms with E-state index in [-0.39, 0.29) is 17.2 Å². The number of rotatable bonds is 4. The molecule has 5 heteroatoms. The summed E-state index contributed by atoms with van der Waals surface area (Å²) in [5, 5.41) is 3.21. The van der Waals surface area contributed by atoms with Crippen molar-refractivity contribution >= 4 is 16.7 Å². The summed E-state index contributed by atoms with van der Waals surface area (Å²) in [6, 6.07) is 0.138. The van der Waals surface area contributed by atoms with E-state index in [1.807, 2.05) is 6.92 Å². The number of carbonyl (C=O) groups excluding carboxylic acids is 1. The number of nitrogens with one attached hydrogen (secondary N) is 1. The Bertz CT molecular complexity index is 299. The maximum Gasteiger partial charge on any atom is 0.239 e. The fraction of sp³-hybridized carbons (Fsp3) is 0.917. The van der Waals surface area contributed by atoms with Gasteiger partial charge in [0.05, 0.1) is 5.54 Å². The second-order valence-corrected chi connectivity index (χ2v) is 7.36. The highest BCUT2D eigenvalue weighted by atomic mass is 32.2. The van der Waals surface area contributed by atoms with E-state index >= 15 is 0 Å². The molecule has 1 rings (SSSR count). The number of hydrogen-bond donors (Lipinski definition) is 2. The van der Waals surface area contributed by atoms with Crippen LogP contribution in [0.4, 0.5) is 0 Å². The first-order valence-electron chi connectivity index (χ1n) is 6.31. The summed E-state index contributed by atoms with van der Waals surface area (Å²) in [6.45, 7) is 5.35. The van der Waals surface area contributed by atoms with Crippen LogP contribution in [0.2, 0.25) is 0 Å². The van der Waals surface area contributed by atoms with Gasteiger partial charge in [-0.25, -0.2) is 0 Å². The van der Waals surface area contributed by atoms with Crippen LogP contribution in [0.25, 0.3) is 0 Å². The Balaban J connectivity index is 2.50. The summed E-state index contributed by atoms with van der Waals surface area (Å²) in [7, 11) is -0.753. The highest BCUT2D eigenvalue weighted by molar-refractivity contribution is 7.85. The Hall–Kier alpha value is -0.420. The van der Waals surface area contributed by atoms with E-state index in [1.54, 1.807) is 13.8 Å². The fourth-order valence-corrected chi connectivity index (χ4v) is 3.47. The largest absolute Gasteiger partial charge is 0.352 e. The molecule has 0 aromatic heterocycles. The van der Waals surface area contributed by atoms with Gasteiger partial charge in [-0.05, 0) is 33.1 Å². The van der Waals surface area contributed by atoms with Crippen LogP contribution in [0.3, 0.4) is 0 Å². The van der Waals surface area contributed by atoms with Gasteiger partial charge < -0.3 is 11.1 Å². The smallest absolute Gasteiger partial charge is 0.239 e. The molecule has 0 radical (unpaired) electrons. The standard InChI is InChI=1S/C12H24N2O2S/c1-4-17(16)10-7-5-6-9(8-10)14-11(15)12(2,3)13/h9-10H,4-8,13H2,1-3H3,(H,14,15). The van der Waals surface area contributed by atoms with Gasteiger partial charge in [-0.3, -0.25) is 9.00 Å². The molecule has 1 fully saturated rings. The normalized spacial score (nSPS) is 27.5. The molecule has 1 amide bonds. The molecule has 1 aliphatic rings. The Kier molecular flexibility index (Phi) is 5.13. The number of nitrogens with two attached hydrogens (primary N) is 1. The van der Waals surface area contributed by atoms with E-state index < -0.39 is 16.3 Å². The molecule has 3 atom stereocenters. The van der Waals surface area contributed by atoms with Gasteiger partial charge in [-0.1, -0.05) is 13.3 Å². The van der Waals surface area contributed by atoms with Crippen molar-refractivity contribution in [1.82, 2.24) is 5.32 Å². The topological polar surface area (TPSA) is 72.2 Å². The molecule has 3 unspecified atom stereocenters. The van der Waals surface area contributed by atoms with Crippen molar-refractivity contribution in [3.63, 3.8) is 0 Å². The van der Waals surface area contributed by atoms with Crippen molar-refractivity contribution in [1.29, 1.82) is 0 Å². The molecule has 0 saturated heterocycles. The van der Waals surface area contributed by atoms with E-state index in [4.69, 9.17) is 5.73 Å². The highest BCUT2D eigenvalue weighted by Gasteiger charge is 2.29. The molecule has 17 heavy (non-hydrogen) atoms. The number of amides is 1. The molecule has 4 nitrogen and oxygen atoms in total. The van der Waals surface area contributed by atoms with Crippen molar-refractivity contribution in [3.8, 4) is 0 Å². The zero-order chi connectivity index (χ0) is 13.1. The Morgan fingerprint density at radius 1 is 1.47 bits per heavy atom. The molecular weight excluding hydrogens is 236 g/mol. The summed E-state index contributed by atoms with van der Waals surface area (Å²) in [5.41, 5.74) is 4.91. The van der Waals surface area contributed by atoms with Crippen LogP contribution in [0.1, 0.15) is 46.5 Å². The minimum Gasteiger partial charge on any atom is -0.352 e. The van der Waals surface area contributed by atoms with Gasteiger partial charge in [0, 0.05) is 27.8 Å². The van der Waals surface area contributed by atoms with Crippen molar-refractivity contribution in [2.75, 3.05) is 5.75 Å². The van der Waals surface area contributed by atoms with E-state index in [2.05, 4.69) is 5.32 Å². The Morgan fingerprint density at radius 3 is 2.65 bits per heavy atom. The fourth-order valence-electron chi connectivity index (χ4n) is 2.12. The van der Waals surface area contributed by atoms with Gasteiger partial charge in [-0.15, -0.1) is 0 Å². The van der Waals surface area contributed by atoms with Crippen molar-refractivity contribution in [3.05, 3.63) is 0 Å². The Labute approximate surface area is 106 Å². The first-order valence-corrected chi connectivity index (χ1v) is 7.69. The third-order valence-electron chi connectivity index (χ3n) is 3.20.